The van der Waals surface area contributed by atoms with Gasteiger partial charge in [-0.2, -0.15) is 5.10 Å². The monoisotopic (exact) mass is 266 g/mol. The Morgan fingerprint density at radius 1 is 1.47 bits per heavy atom. The molecule has 15 heavy (non-hydrogen) atoms. The van der Waals surface area contributed by atoms with Crippen molar-refractivity contribution >= 4 is 27.3 Å². The summed E-state index contributed by atoms with van der Waals surface area (Å²) in [5.74, 6) is 0.599. The van der Waals surface area contributed by atoms with Gasteiger partial charge < -0.3 is 5.73 Å². The predicted octanol–water partition coefficient (Wildman–Crippen LogP) is 2.34. The van der Waals surface area contributed by atoms with E-state index in [-0.39, 0.29) is 0 Å². The standard InChI is InChI=1S/C10H11BrN4/c11-8-9(6-2-1-3-6)14-15-5-7(12)4-13-10(8)15/h4-6H,1-3,12H2. The second kappa shape index (κ2) is 3.20. The lowest BCUT2D eigenvalue weighted by Gasteiger charge is -2.23. The van der Waals surface area contributed by atoms with Crippen LogP contribution in [0.3, 0.4) is 0 Å². The Morgan fingerprint density at radius 2 is 2.27 bits per heavy atom. The molecule has 1 aliphatic carbocycles. The van der Waals surface area contributed by atoms with Gasteiger partial charge in [0.15, 0.2) is 5.65 Å². The van der Waals surface area contributed by atoms with Gasteiger partial charge in [0.1, 0.15) is 0 Å². The summed E-state index contributed by atoms with van der Waals surface area (Å²) in [6.45, 7) is 0. The van der Waals surface area contributed by atoms with Gasteiger partial charge in [-0.25, -0.2) is 9.50 Å². The van der Waals surface area contributed by atoms with Crippen LogP contribution in [0.5, 0.6) is 0 Å². The second-order valence-corrected chi connectivity index (χ2v) is 4.78. The first-order chi connectivity index (χ1) is 7.25. The van der Waals surface area contributed by atoms with Crippen LogP contribution >= 0.6 is 15.9 Å². The number of nitrogens with two attached hydrogens (primary N) is 1. The summed E-state index contributed by atoms with van der Waals surface area (Å²) in [6.07, 6.45) is 7.23. The number of hydrogen-bond acceptors (Lipinski definition) is 3. The maximum absolute atomic E-state index is 5.67. The summed E-state index contributed by atoms with van der Waals surface area (Å²) < 4.78 is 2.78. The van der Waals surface area contributed by atoms with Crippen molar-refractivity contribution < 1.29 is 0 Å². The molecule has 2 aromatic heterocycles. The van der Waals surface area contributed by atoms with Crippen molar-refractivity contribution in [3.05, 3.63) is 22.6 Å². The van der Waals surface area contributed by atoms with E-state index in [9.17, 15) is 0 Å². The Hall–Kier alpha value is -1.10. The Balaban J connectivity index is 2.19. The van der Waals surface area contributed by atoms with Crippen molar-refractivity contribution in [1.29, 1.82) is 0 Å². The number of halogens is 1. The number of rotatable bonds is 1. The van der Waals surface area contributed by atoms with Crippen LogP contribution in [0, 0.1) is 0 Å². The topological polar surface area (TPSA) is 56.2 Å². The molecule has 0 unspecified atom stereocenters. The zero-order valence-corrected chi connectivity index (χ0v) is 9.74. The third-order valence-corrected chi connectivity index (χ3v) is 3.71. The molecule has 0 saturated heterocycles. The van der Waals surface area contributed by atoms with Crippen LogP contribution in [0.1, 0.15) is 30.9 Å². The van der Waals surface area contributed by atoms with Crippen LogP contribution < -0.4 is 5.73 Å². The lowest BCUT2D eigenvalue weighted by molar-refractivity contribution is 0.408. The summed E-state index contributed by atoms with van der Waals surface area (Å²) in [6, 6.07) is 0. The van der Waals surface area contributed by atoms with Gasteiger partial charge in [-0.3, -0.25) is 0 Å². The average molecular weight is 267 g/mol. The Morgan fingerprint density at radius 3 is 2.93 bits per heavy atom. The number of aromatic nitrogens is 3. The quantitative estimate of drug-likeness (QED) is 0.862. The highest BCUT2D eigenvalue weighted by molar-refractivity contribution is 9.10. The Bertz CT molecular complexity index is 515. The van der Waals surface area contributed by atoms with Crippen LogP contribution in [0.25, 0.3) is 5.65 Å². The highest BCUT2D eigenvalue weighted by atomic mass is 79.9. The summed E-state index contributed by atoms with van der Waals surface area (Å²) in [7, 11) is 0. The van der Waals surface area contributed by atoms with Crippen molar-refractivity contribution in [1.82, 2.24) is 14.6 Å². The van der Waals surface area contributed by atoms with E-state index in [0.29, 0.717) is 11.6 Å². The molecule has 78 valence electrons. The van der Waals surface area contributed by atoms with Gasteiger partial charge in [-0.15, -0.1) is 0 Å². The first-order valence-electron chi connectivity index (χ1n) is 5.05. The third kappa shape index (κ3) is 1.33. The molecule has 0 spiro atoms. The summed E-state index contributed by atoms with van der Waals surface area (Å²) in [5, 5.41) is 4.52. The number of anilines is 1. The third-order valence-electron chi connectivity index (χ3n) is 2.95. The van der Waals surface area contributed by atoms with Crippen LogP contribution in [-0.2, 0) is 0 Å². The fourth-order valence-electron chi connectivity index (χ4n) is 1.88. The van der Waals surface area contributed by atoms with Gasteiger partial charge in [-0.1, -0.05) is 6.42 Å². The lowest BCUT2D eigenvalue weighted by atomic mass is 9.83. The van der Waals surface area contributed by atoms with Gasteiger partial charge >= 0.3 is 0 Å². The van der Waals surface area contributed by atoms with Gasteiger partial charge in [0.05, 0.1) is 28.2 Å². The number of nitrogens with zero attached hydrogens (tertiary/aromatic N) is 3. The summed E-state index contributed by atoms with van der Waals surface area (Å²) >= 11 is 3.57. The van der Waals surface area contributed by atoms with Crippen LogP contribution in [0.2, 0.25) is 0 Å². The van der Waals surface area contributed by atoms with Gasteiger partial charge in [0.2, 0.25) is 0 Å². The van der Waals surface area contributed by atoms with E-state index in [0.717, 1.165) is 15.8 Å². The maximum Gasteiger partial charge on any atom is 0.169 e. The summed E-state index contributed by atoms with van der Waals surface area (Å²) in [4.78, 5) is 4.27. The lowest BCUT2D eigenvalue weighted by Crippen LogP contribution is -2.09. The van der Waals surface area contributed by atoms with Crippen molar-refractivity contribution in [3.63, 3.8) is 0 Å². The van der Waals surface area contributed by atoms with E-state index < -0.39 is 0 Å². The molecule has 3 rings (SSSR count). The molecule has 1 aliphatic rings. The molecular weight excluding hydrogens is 256 g/mol. The fraction of sp³-hybridized carbons (Fsp3) is 0.400. The van der Waals surface area contributed by atoms with Crippen molar-refractivity contribution in [2.24, 2.45) is 0 Å². The minimum Gasteiger partial charge on any atom is -0.396 e. The molecule has 2 heterocycles. The van der Waals surface area contributed by atoms with E-state index in [1.165, 1.54) is 19.3 Å². The second-order valence-electron chi connectivity index (χ2n) is 3.98. The largest absolute Gasteiger partial charge is 0.396 e. The molecule has 2 aromatic rings. The van der Waals surface area contributed by atoms with Crippen LogP contribution in [0.15, 0.2) is 16.9 Å². The molecule has 0 bridgehead atoms. The van der Waals surface area contributed by atoms with Gasteiger partial charge in [0, 0.05) is 5.92 Å². The van der Waals surface area contributed by atoms with Crippen LogP contribution in [0.4, 0.5) is 5.69 Å². The van der Waals surface area contributed by atoms with Crippen molar-refractivity contribution in [2.75, 3.05) is 5.73 Å². The highest BCUT2D eigenvalue weighted by Gasteiger charge is 2.26. The summed E-state index contributed by atoms with van der Waals surface area (Å²) in [5.41, 5.74) is 8.28. The zero-order chi connectivity index (χ0) is 10.4. The van der Waals surface area contributed by atoms with E-state index >= 15 is 0 Å². The van der Waals surface area contributed by atoms with E-state index in [1.54, 1.807) is 16.9 Å². The van der Waals surface area contributed by atoms with Crippen molar-refractivity contribution in [3.8, 4) is 0 Å². The van der Waals surface area contributed by atoms with Crippen molar-refractivity contribution in [2.45, 2.75) is 25.2 Å². The van der Waals surface area contributed by atoms with Gasteiger partial charge in [0.25, 0.3) is 0 Å². The molecule has 0 radical (unpaired) electrons. The Labute approximate surface area is 95.6 Å². The predicted molar refractivity (Wildman–Crippen MR) is 61.7 cm³/mol. The average Bonchev–Trinajstić information content (AvgIpc) is 2.41. The number of nitrogen functional groups attached to an aromatic ring is 1. The molecule has 1 fully saturated rings. The molecular formula is C10H11BrN4. The SMILES string of the molecule is Nc1cnc2c(Br)c(C3CCC3)nn2c1. The Kier molecular flexibility index (Phi) is 1.95. The molecule has 2 N–H and O–H groups in total. The first-order valence-corrected chi connectivity index (χ1v) is 5.84. The smallest absolute Gasteiger partial charge is 0.169 e. The molecule has 4 nitrogen and oxygen atoms in total. The minimum atomic E-state index is 0.599. The molecule has 0 aromatic carbocycles. The zero-order valence-electron chi connectivity index (χ0n) is 8.15. The van der Waals surface area contributed by atoms with Gasteiger partial charge in [-0.05, 0) is 28.8 Å². The maximum atomic E-state index is 5.67. The molecule has 1 saturated carbocycles. The van der Waals surface area contributed by atoms with Crippen LogP contribution in [-0.4, -0.2) is 14.6 Å². The number of fused-ring (bicyclic) bond motifs is 1. The number of hydrogen-bond donors (Lipinski definition) is 1. The van der Waals surface area contributed by atoms with E-state index in [4.69, 9.17) is 5.73 Å². The molecule has 0 atom stereocenters. The first kappa shape index (κ1) is 9.15. The normalized spacial score (nSPS) is 16.9. The van der Waals surface area contributed by atoms with E-state index in [1.807, 2.05) is 0 Å². The minimum absolute atomic E-state index is 0.599. The van der Waals surface area contributed by atoms with E-state index in [2.05, 4.69) is 26.0 Å². The molecule has 0 aliphatic heterocycles. The fourth-order valence-corrected chi connectivity index (χ4v) is 2.57. The highest BCUT2D eigenvalue weighted by Crippen LogP contribution is 2.39. The molecule has 0 amide bonds. The molecule has 5 heteroatoms.